The zero-order valence-corrected chi connectivity index (χ0v) is 24.0. The van der Waals surface area contributed by atoms with Crippen LogP contribution in [0.1, 0.15) is 23.9 Å². The van der Waals surface area contributed by atoms with Gasteiger partial charge in [0.25, 0.3) is 11.8 Å². The number of phenols is 1. The number of rotatable bonds is 3. The second-order valence-corrected chi connectivity index (χ2v) is 12.0. The summed E-state index contributed by atoms with van der Waals surface area (Å²) >= 11 is 17.8. The quantitative estimate of drug-likeness (QED) is 0.264. The number of amides is 2. The predicted octanol–water partition coefficient (Wildman–Crippen LogP) is 3.16. The number of carbonyl (C=O) groups is 2. The Hall–Kier alpha value is -3.35. The van der Waals surface area contributed by atoms with Crippen molar-refractivity contribution < 1.29 is 23.8 Å². The summed E-state index contributed by atoms with van der Waals surface area (Å²) in [5, 5.41) is 11.3. The molecule has 0 radical (unpaired) electrons. The largest absolute Gasteiger partial charge is 0.504 e. The van der Waals surface area contributed by atoms with Crippen molar-refractivity contribution in [3.63, 3.8) is 0 Å². The highest BCUT2D eigenvalue weighted by Gasteiger charge is 2.76. The van der Waals surface area contributed by atoms with Crippen molar-refractivity contribution in [3.8, 4) is 11.5 Å². The van der Waals surface area contributed by atoms with Gasteiger partial charge in [-0.1, -0.05) is 22.0 Å². The Bertz CT molecular complexity index is 1780. The molecule has 0 spiro atoms. The fraction of sp³-hybridized carbons (Fsp3) is 0.308. The summed E-state index contributed by atoms with van der Waals surface area (Å²) in [6, 6.07) is 6.75. The lowest BCUT2D eigenvalue weighted by Gasteiger charge is -2.49. The normalized spacial score (nSPS) is 27.2. The molecule has 1 saturated carbocycles. The van der Waals surface area contributed by atoms with Gasteiger partial charge in [-0.05, 0) is 42.0 Å². The van der Waals surface area contributed by atoms with E-state index < -0.39 is 50.7 Å². The molecule has 3 aromatic rings. The number of aromatic hydroxyl groups is 1. The molecule has 3 aliphatic rings. The summed E-state index contributed by atoms with van der Waals surface area (Å²) in [5.74, 6) is -3.89. The smallest absolute Gasteiger partial charge is 0.347 e. The van der Waals surface area contributed by atoms with E-state index in [1.807, 2.05) is 0 Å². The van der Waals surface area contributed by atoms with Crippen molar-refractivity contribution in [3.05, 3.63) is 84.9 Å². The van der Waals surface area contributed by atoms with Gasteiger partial charge in [-0.2, -0.15) is 0 Å². The average Bonchev–Trinajstić information content (AvgIpc) is 3.23. The second kappa shape index (κ2) is 8.82. The van der Waals surface area contributed by atoms with E-state index in [2.05, 4.69) is 15.9 Å². The van der Waals surface area contributed by atoms with Crippen molar-refractivity contribution in [2.24, 2.45) is 7.05 Å². The number of alkyl halides is 2. The Morgan fingerprint density at radius 3 is 2.40 bits per heavy atom. The van der Waals surface area contributed by atoms with Crippen LogP contribution in [-0.4, -0.2) is 47.7 Å². The summed E-state index contributed by atoms with van der Waals surface area (Å²) < 4.78 is 22.9. The predicted molar refractivity (Wildman–Crippen MR) is 147 cm³/mol. The Labute approximate surface area is 243 Å². The molecule has 0 bridgehead atoms. The van der Waals surface area contributed by atoms with E-state index >= 15 is 0 Å². The summed E-state index contributed by atoms with van der Waals surface area (Å²) in [7, 11) is 2.68. The number of aromatic nitrogens is 3. The first kappa shape index (κ1) is 26.9. The molecule has 1 N–H and O–H groups in total. The summed E-state index contributed by atoms with van der Waals surface area (Å²) in [5.41, 5.74) is -0.645. The van der Waals surface area contributed by atoms with Crippen LogP contribution in [0.15, 0.2) is 62.1 Å². The lowest BCUT2D eigenvalue weighted by Crippen LogP contribution is -2.59. The second-order valence-electron chi connectivity index (χ2n) is 9.89. The molecule has 1 aliphatic carbocycles. The maximum Gasteiger partial charge on any atom is 0.347 e. The molecule has 2 aliphatic heterocycles. The van der Waals surface area contributed by atoms with Gasteiger partial charge >= 0.3 is 11.4 Å². The number of benzene rings is 2. The van der Waals surface area contributed by atoms with Crippen LogP contribution < -0.4 is 21.0 Å². The minimum absolute atomic E-state index is 0.0325. The lowest BCUT2D eigenvalue weighted by molar-refractivity contribution is -0.122. The fourth-order valence-corrected chi connectivity index (χ4v) is 7.45. The third kappa shape index (κ3) is 3.26. The van der Waals surface area contributed by atoms with Crippen LogP contribution in [-0.2, 0) is 23.2 Å². The topological polar surface area (TPSA) is 116 Å². The van der Waals surface area contributed by atoms with E-state index in [0.29, 0.717) is 10.0 Å². The van der Waals surface area contributed by atoms with Crippen molar-refractivity contribution in [1.29, 1.82) is 0 Å². The number of halogens is 4. The number of nitrogens with zero attached hydrogens (tertiary/aromatic N) is 4. The number of imide groups is 1. The highest BCUT2D eigenvalue weighted by molar-refractivity contribution is 9.10. The van der Waals surface area contributed by atoms with E-state index in [1.165, 1.54) is 47.8 Å². The van der Waals surface area contributed by atoms with Crippen LogP contribution in [0.2, 0.25) is 0 Å². The lowest BCUT2D eigenvalue weighted by atomic mass is 9.64. The molecule has 208 valence electrons. The van der Waals surface area contributed by atoms with Crippen LogP contribution in [0.5, 0.6) is 11.5 Å². The zero-order valence-electron chi connectivity index (χ0n) is 20.9. The molecule has 3 heterocycles. The Kier molecular flexibility index (Phi) is 5.92. The van der Waals surface area contributed by atoms with Crippen molar-refractivity contribution in [2.75, 3.05) is 12.0 Å². The molecule has 1 aromatic heterocycles. The molecule has 40 heavy (non-hydrogen) atoms. The van der Waals surface area contributed by atoms with Gasteiger partial charge in [0.05, 0.1) is 25.4 Å². The monoisotopic (exact) mass is 652 g/mol. The van der Waals surface area contributed by atoms with Crippen LogP contribution in [0.3, 0.4) is 0 Å². The number of anilines is 1. The number of carbonyl (C=O) groups excluding carboxylic acids is 2. The van der Waals surface area contributed by atoms with Crippen molar-refractivity contribution in [1.82, 2.24) is 13.9 Å². The third-order valence-corrected chi connectivity index (χ3v) is 9.83. The first-order chi connectivity index (χ1) is 18.9. The number of allylic oxidation sites excluding steroid dienone is 2. The Morgan fingerprint density at radius 1 is 1.07 bits per heavy atom. The molecule has 10 nitrogen and oxygen atoms in total. The van der Waals surface area contributed by atoms with Gasteiger partial charge in [0.1, 0.15) is 5.82 Å². The SMILES string of the molecule is COc1cc(Br)cc([C@H]2C3=CCn4c(=O)n(C)c(=O)n4[C@@H]3C[C@@]3(Cl)C(=O)N(c4ccc(F)cc4)C(=O)[C@@]23Cl)c1O. The molecule has 0 unspecified atom stereocenters. The summed E-state index contributed by atoms with van der Waals surface area (Å²) in [6.07, 6.45) is 1.33. The molecule has 6 rings (SSSR count). The molecule has 4 atom stereocenters. The molecular formula is C26H20BrCl2FN4O6. The highest BCUT2D eigenvalue weighted by Crippen LogP contribution is 2.65. The highest BCUT2D eigenvalue weighted by atomic mass is 79.9. The van der Waals surface area contributed by atoms with E-state index in [0.717, 1.165) is 21.6 Å². The molecule has 1 saturated heterocycles. The average molecular weight is 654 g/mol. The van der Waals surface area contributed by atoms with Crippen LogP contribution >= 0.6 is 39.1 Å². The molecule has 14 heteroatoms. The Balaban J connectivity index is 1.66. The zero-order chi connectivity index (χ0) is 28.9. The minimum Gasteiger partial charge on any atom is -0.504 e. The van der Waals surface area contributed by atoms with Gasteiger partial charge in [0.2, 0.25) is 0 Å². The first-order valence-corrected chi connectivity index (χ1v) is 13.6. The number of hydrogen-bond acceptors (Lipinski definition) is 6. The maximum atomic E-state index is 14.3. The van der Waals surface area contributed by atoms with Crippen LogP contribution in [0, 0.1) is 5.82 Å². The molecular weight excluding hydrogens is 634 g/mol. The Morgan fingerprint density at radius 2 is 1.75 bits per heavy atom. The van der Waals surface area contributed by atoms with E-state index in [-0.39, 0.29) is 35.7 Å². The molecule has 2 fully saturated rings. The number of methoxy groups -OCH3 is 1. The number of phenolic OH excluding ortho intramolecular Hbond substituents is 1. The first-order valence-electron chi connectivity index (χ1n) is 12.0. The summed E-state index contributed by atoms with van der Waals surface area (Å²) in [4.78, 5) is 50.8. The van der Waals surface area contributed by atoms with Crippen LogP contribution in [0.25, 0.3) is 0 Å². The van der Waals surface area contributed by atoms with Gasteiger partial charge in [0, 0.05) is 29.4 Å². The standard InChI is InChI=1S/C26H20BrCl2FN4O6/c1-31-23(38)32-8-7-15-17(34(32)24(31)39)11-25(28)21(36)33(14-5-3-13(30)4-6-14)22(37)26(25,29)19(15)16-9-12(27)10-18(40-2)20(16)35/h3-7,9-10,17,19,35H,8,11H2,1-2H3/t17-,19-,25-,26+/m1/s1. The van der Waals surface area contributed by atoms with Gasteiger partial charge in [-0.25, -0.2) is 32.8 Å². The molecule has 2 aromatic carbocycles. The third-order valence-electron chi connectivity index (χ3n) is 7.95. The van der Waals surface area contributed by atoms with Crippen molar-refractivity contribution >= 4 is 56.6 Å². The number of ether oxygens (including phenoxy) is 1. The number of fused-ring (bicyclic) bond motifs is 4. The van der Waals surface area contributed by atoms with Gasteiger partial charge in [-0.3, -0.25) is 9.59 Å². The minimum atomic E-state index is -2.20. The van der Waals surface area contributed by atoms with Crippen molar-refractivity contribution in [2.45, 2.75) is 34.7 Å². The van der Waals surface area contributed by atoms with Gasteiger partial charge in [0.15, 0.2) is 21.2 Å². The van der Waals surface area contributed by atoms with Gasteiger partial charge < -0.3 is 9.84 Å². The van der Waals surface area contributed by atoms with E-state index in [4.69, 9.17) is 27.9 Å². The maximum absolute atomic E-state index is 14.3. The fourth-order valence-electron chi connectivity index (χ4n) is 6.09. The van der Waals surface area contributed by atoms with Crippen LogP contribution in [0.4, 0.5) is 10.1 Å². The number of hydrogen-bond donors (Lipinski definition) is 1. The van der Waals surface area contributed by atoms with E-state index in [9.17, 15) is 28.7 Å². The summed E-state index contributed by atoms with van der Waals surface area (Å²) in [6.45, 7) is -0.0325. The molecule has 2 amide bonds. The van der Waals surface area contributed by atoms with E-state index in [1.54, 1.807) is 6.08 Å². The van der Waals surface area contributed by atoms with Gasteiger partial charge in [-0.15, -0.1) is 23.2 Å².